The number of carbonyl (C=O) groups excluding carboxylic acids is 1. The number of nitrogens with one attached hydrogen (secondary N) is 1. The summed E-state index contributed by atoms with van der Waals surface area (Å²) in [6.07, 6.45) is 2.97. The summed E-state index contributed by atoms with van der Waals surface area (Å²) in [6, 6.07) is 4.03. The highest BCUT2D eigenvalue weighted by Gasteiger charge is 2.32. The van der Waals surface area contributed by atoms with E-state index in [0.717, 1.165) is 19.3 Å². The van der Waals surface area contributed by atoms with Gasteiger partial charge in [-0.3, -0.25) is 4.79 Å². The summed E-state index contributed by atoms with van der Waals surface area (Å²) >= 11 is 0. The molecule has 0 heterocycles. The summed E-state index contributed by atoms with van der Waals surface area (Å²) in [5.74, 6) is -0.679. The molecule has 0 aliphatic heterocycles. The van der Waals surface area contributed by atoms with Gasteiger partial charge in [-0.15, -0.1) is 12.4 Å². The number of amides is 1. The molecule has 2 rings (SSSR count). The highest BCUT2D eigenvalue weighted by molar-refractivity contribution is 5.94. The topological polar surface area (TPSA) is 64.3 Å². The summed E-state index contributed by atoms with van der Waals surface area (Å²) in [5, 5.41) is 2.77. The molecule has 6 heteroatoms. The summed E-state index contributed by atoms with van der Waals surface area (Å²) in [5.41, 5.74) is 6.12. The van der Waals surface area contributed by atoms with Gasteiger partial charge >= 0.3 is 0 Å². The normalized spacial score (nSPS) is 15.9. The second-order valence-electron chi connectivity index (χ2n) is 4.75. The number of rotatable bonds is 4. The van der Waals surface area contributed by atoms with Gasteiger partial charge in [0.1, 0.15) is 0 Å². The Labute approximate surface area is 117 Å². The molecule has 0 saturated heterocycles. The fourth-order valence-electron chi connectivity index (χ4n) is 1.97. The molecule has 0 atom stereocenters. The Hall–Kier alpha value is -1.33. The van der Waals surface area contributed by atoms with Crippen molar-refractivity contribution < 1.29 is 13.9 Å². The first kappa shape index (κ1) is 15.7. The van der Waals surface area contributed by atoms with E-state index in [0.29, 0.717) is 12.1 Å². The van der Waals surface area contributed by atoms with E-state index in [2.05, 4.69) is 5.32 Å². The second-order valence-corrected chi connectivity index (χ2v) is 4.75. The first-order valence-corrected chi connectivity index (χ1v) is 5.95. The van der Waals surface area contributed by atoms with Crippen LogP contribution in [0, 0.1) is 5.82 Å². The van der Waals surface area contributed by atoms with Crippen molar-refractivity contribution in [3.05, 3.63) is 29.6 Å². The second kappa shape index (κ2) is 6.21. The van der Waals surface area contributed by atoms with Gasteiger partial charge in [-0.1, -0.05) is 0 Å². The first-order valence-electron chi connectivity index (χ1n) is 5.95. The zero-order chi connectivity index (χ0) is 13.2. The van der Waals surface area contributed by atoms with Crippen LogP contribution in [0.5, 0.6) is 5.75 Å². The molecule has 1 aromatic rings. The number of halogens is 2. The lowest BCUT2D eigenvalue weighted by molar-refractivity contribution is 0.0929. The van der Waals surface area contributed by atoms with Crippen molar-refractivity contribution in [2.75, 3.05) is 13.7 Å². The third-order valence-corrected chi connectivity index (χ3v) is 3.36. The minimum Gasteiger partial charge on any atom is -0.494 e. The van der Waals surface area contributed by atoms with Gasteiger partial charge in [0.15, 0.2) is 11.6 Å². The van der Waals surface area contributed by atoms with Crippen LogP contribution < -0.4 is 15.8 Å². The molecular weight excluding hydrogens is 271 g/mol. The van der Waals surface area contributed by atoms with Crippen molar-refractivity contribution in [1.82, 2.24) is 5.32 Å². The van der Waals surface area contributed by atoms with Crippen LogP contribution in [0.15, 0.2) is 18.2 Å². The van der Waals surface area contributed by atoms with Crippen molar-refractivity contribution >= 4 is 18.3 Å². The van der Waals surface area contributed by atoms with Crippen LogP contribution >= 0.6 is 12.4 Å². The van der Waals surface area contributed by atoms with Crippen molar-refractivity contribution in [2.45, 2.75) is 24.8 Å². The van der Waals surface area contributed by atoms with Crippen molar-refractivity contribution in [3.8, 4) is 5.75 Å². The van der Waals surface area contributed by atoms with E-state index >= 15 is 0 Å². The first-order chi connectivity index (χ1) is 8.54. The van der Waals surface area contributed by atoms with E-state index in [-0.39, 0.29) is 29.6 Å². The fourth-order valence-corrected chi connectivity index (χ4v) is 1.97. The molecule has 1 aliphatic carbocycles. The summed E-state index contributed by atoms with van der Waals surface area (Å²) in [6.45, 7) is 0.450. The van der Waals surface area contributed by atoms with Gasteiger partial charge in [-0.25, -0.2) is 4.39 Å². The molecule has 19 heavy (non-hydrogen) atoms. The molecule has 0 aromatic heterocycles. The fraction of sp³-hybridized carbons (Fsp3) is 0.462. The summed E-state index contributed by atoms with van der Waals surface area (Å²) < 4.78 is 18.0. The standard InChI is InChI=1S/C13H17FN2O2.ClH/c1-18-11-7-9(3-4-10(11)14)12(17)16-8-13(15)5-2-6-13;/h3-4,7H,2,5-6,8,15H2,1H3,(H,16,17);1H. The number of carbonyl (C=O) groups is 1. The van der Waals surface area contributed by atoms with Gasteiger partial charge in [0.05, 0.1) is 7.11 Å². The van der Waals surface area contributed by atoms with Crippen LogP contribution in [0.25, 0.3) is 0 Å². The van der Waals surface area contributed by atoms with Gasteiger partial charge in [-0.2, -0.15) is 0 Å². The zero-order valence-corrected chi connectivity index (χ0v) is 11.6. The smallest absolute Gasteiger partial charge is 0.251 e. The van der Waals surface area contributed by atoms with E-state index in [1.165, 1.54) is 25.3 Å². The third-order valence-electron chi connectivity index (χ3n) is 3.36. The maximum absolute atomic E-state index is 13.2. The molecule has 0 unspecified atom stereocenters. The van der Waals surface area contributed by atoms with E-state index < -0.39 is 5.82 Å². The molecule has 1 fully saturated rings. The van der Waals surface area contributed by atoms with Crippen molar-refractivity contribution in [3.63, 3.8) is 0 Å². The Morgan fingerprint density at radius 1 is 1.53 bits per heavy atom. The number of hydrogen-bond donors (Lipinski definition) is 2. The molecule has 1 amide bonds. The van der Waals surface area contributed by atoms with Crippen molar-refractivity contribution in [1.29, 1.82) is 0 Å². The SMILES string of the molecule is COc1cc(C(=O)NCC2(N)CCC2)ccc1F.Cl. The van der Waals surface area contributed by atoms with Gasteiger partial charge in [0, 0.05) is 17.6 Å². The van der Waals surface area contributed by atoms with E-state index in [9.17, 15) is 9.18 Å². The van der Waals surface area contributed by atoms with Crippen molar-refractivity contribution in [2.24, 2.45) is 5.73 Å². The zero-order valence-electron chi connectivity index (χ0n) is 10.7. The van der Waals surface area contributed by atoms with Crippen LogP contribution in [0.3, 0.4) is 0 Å². The van der Waals surface area contributed by atoms with Gasteiger partial charge in [0.2, 0.25) is 0 Å². The average molecular weight is 289 g/mol. The predicted octanol–water partition coefficient (Wildman–Crippen LogP) is 1.87. The average Bonchev–Trinajstić information content (AvgIpc) is 2.34. The summed E-state index contributed by atoms with van der Waals surface area (Å²) in [4.78, 5) is 11.9. The maximum atomic E-state index is 13.2. The Morgan fingerprint density at radius 3 is 2.74 bits per heavy atom. The number of hydrogen-bond acceptors (Lipinski definition) is 3. The monoisotopic (exact) mass is 288 g/mol. The molecule has 106 valence electrons. The highest BCUT2D eigenvalue weighted by Crippen LogP contribution is 2.28. The minimum absolute atomic E-state index is 0. The van der Waals surface area contributed by atoms with Crippen LogP contribution in [0.1, 0.15) is 29.6 Å². The molecule has 0 bridgehead atoms. The molecule has 1 saturated carbocycles. The lowest BCUT2D eigenvalue weighted by Gasteiger charge is -2.38. The minimum atomic E-state index is -0.483. The van der Waals surface area contributed by atoms with Gasteiger partial charge in [-0.05, 0) is 37.5 Å². The van der Waals surface area contributed by atoms with Crippen LogP contribution in [-0.2, 0) is 0 Å². The number of methoxy groups -OCH3 is 1. The van der Waals surface area contributed by atoms with E-state index in [4.69, 9.17) is 10.5 Å². The molecular formula is C13H18ClFN2O2. The quantitative estimate of drug-likeness (QED) is 0.889. The lowest BCUT2D eigenvalue weighted by Crippen LogP contribution is -2.54. The highest BCUT2D eigenvalue weighted by atomic mass is 35.5. The molecule has 3 N–H and O–H groups in total. The molecule has 1 aromatic carbocycles. The van der Waals surface area contributed by atoms with E-state index in [1.807, 2.05) is 0 Å². The Kier molecular flexibility index (Phi) is 5.14. The predicted molar refractivity (Wildman–Crippen MR) is 73.3 cm³/mol. The Bertz CT molecular complexity index is 464. The van der Waals surface area contributed by atoms with Gasteiger partial charge < -0.3 is 15.8 Å². The Morgan fingerprint density at radius 2 is 2.21 bits per heavy atom. The van der Waals surface area contributed by atoms with Crippen LogP contribution in [-0.4, -0.2) is 25.1 Å². The summed E-state index contributed by atoms with van der Waals surface area (Å²) in [7, 11) is 1.36. The molecule has 4 nitrogen and oxygen atoms in total. The largest absolute Gasteiger partial charge is 0.494 e. The maximum Gasteiger partial charge on any atom is 0.251 e. The molecule has 0 spiro atoms. The third kappa shape index (κ3) is 3.58. The molecule has 1 aliphatic rings. The Balaban J connectivity index is 0.00000180. The number of ether oxygens (including phenoxy) is 1. The lowest BCUT2D eigenvalue weighted by atomic mass is 9.78. The van der Waals surface area contributed by atoms with E-state index in [1.54, 1.807) is 0 Å². The van der Waals surface area contributed by atoms with Gasteiger partial charge in [0.25, 0.3) is 5.91 Å². The van der Waals surface area contributed by atoms with Crippen LogP contribution in [0.2, 0.25) is 0 Å². The number of nitrogens with two attached hydrogens (primary N) is 1. The number of benzene rings is 1. The molecule has 0 radical (unpaired) electrons. The van der Waals surface area contributed by atoms with Crippen LogP contribution in [0.4, 0.5) is 4.39 Å².